The van der Waals surface area contributed by atoms with Gasteiger partial charge in [-0.25, -0.2) is 4.39 Å². The van der Waals surface area contributed by atoms with Gasteiger partial charge in [0.15, 0.2) is 0 Å². The summed E-state index contributed by atoms with van der Waals surface area (Å²) in [6.45, 7) is 3.91. The smallest absolute Gasteiger partial charge is 0.136 e. The van der Waals surface area contributed by atoms with Crippen LogP contribution < -0.4 is 0 Å². The second kappa shape index (κ2) is 4.71. The van der Waals surface area contributed by atoms with E-state index in [1.54, 1.807) is 13.0 Å². The summed E-state index contributed by atoms with van der Waals surface area (Å²) in [4.78, 5) is 14.1. The molecule has 3 atom stereocenters. The van der Waals surface area contributed by atoms with E-state index in [4.69, 9.17) is 0 Å². The van der Waals surface area contributed by atoms with Crippen LogP contribution in [0.25, 0.3) is 0 Å². The number of carbonyl (C=O) groups is 1. The van der Waals surface area contributed by atoms with E-state index in [1.165, 1.54) is 0 Å². The number of ketones is 1. The molecule has 2 fully saturated rings. The van der Waals surface area contributed by atoms with Crippen LogP contribution in [0.15, 0.2) is 18.2 Å². The van der Waals surface area contributed by atoms with Gasteiger partial charge in [0.05, 0.1) is 0 Å². The molecule has 2 saturated heterocycles. The first-order valence-electron chi connectivity index (χ1n) is 7.11. The molecular weight excluding hydrogens is 241 g/mol. The van der Waals surface area contributed by atoms with Crippen molar-refractivity contribution in [1.29, 1.82) is 0 Å². The molecule has 0 aliphatic carbocycles. The highest BCUT2D eigenvalue weighted by molar-refractivity contribution is 5.81. The maximum Gasteiger partial charge on any atom is 0.136 e. The second-order valence-electron chi connectivity index (χ2n) is 5.96. The van der Waals surface area contributed by atoms with Gasteiger partial charge in [-0.05, 0) is 43.9 Å². The summed E-state index contributed by atoms with van der Waals surface area (Å²) in [6, 6.07) is 6.43. The molecule has 0 amide bonds. The van der Waals surface area contributed by atoms with Gasteiger partial charge in [0.2, 0.25) is 0 Å². The lowest BCUT2D eigenvalue weighted by atomic mass is 9.96. The number of benzene rings is 1. The lowest BCUT2D eigenvalue weighted by Crippen LogP contribution is -2.44. The zero-order valence-electron chi connectivity index (χ0n) is 11.5. The van der Waals surface area contributed by atoms with Gasteiger partial charge in [-0.1, -0.05) is 12.1 Å². The Bertz CT molecular complexity index is 497. The lowest BCUT2D eigenvalue weighted by molar-refractivity contribution is -0.124. The summed E-state index contributed by atoms with van der Waals surface area (Å²) in [5.41, 5.74) is 1.71. The summed E-state index contributed by atoms with van der Waals surface area (Å²) in [5.74, 6) is 0.260. The molecular formula is C16H20FNO. The van der Waals surface area contributed by atoms with Gasteiger partial charge in [-0.15, -0.1) is 0 Å². The van der Waals surface area contributed by atoms with Crippen LogP contribution in [-0.2, 0) is 4.79 Å². The molecule has 3 heteroatoms. The topological polar surface area (TPSA) is 20.3 Å². The number of Topliss-reactive ketones (excluding diaryl/α,β-unsaturated/α-hetero) is 1. The van der Waals surface area contributed by atoms with Gasteiger partial charge in [-0.2, -0.15) is 0 Å². The molecule has 2 heterocycles. The van der Waals surface area contributed by atoms with Crippen LogP contribution in [0.5, 0.6) is 0 Å². The van der Waals surface area contributed by atoms with Crippen molar-refractivity contribution in [2.45, 2.75) is 57.7 Å². The Morgan fingerprint density at radius 1 is 1.26 bits per heavy atom. The van der Waals surface area contributed by atoms with Crippen LogP contribution in [0.3, 0.4) is 0 Å². The summed E-state index contributed by atoms with van der Waals surface area (Å²) in [7, 11) is 0. The van der Waals surface area contributed by atoms with E-state index in [9.17, 15) is 9.18 Å². The number of carbonyl (C=O) groups excluding carboxylic acids is 1. The number of hydrogen-bond donors (Lipinski definition) is 0. The molecule has 2 aliphatic rings. The van der Waals surface area contributed by atoms with Gasteiger partial charge < -0.3 is 0 Å². The van der Waals surface area contributed by atoms with Crippen molar-refractivity contribution < 1.29 is 9.18 Å². The predicted octanol–water partition coefficient (Wildman–Crippen LogP) is 3.39. The fraction of sp³-hybridized carbons (Fsp3) is 0.562. The number of piperidine rings is 1. The van der Waals surface area contributed by atoms with Crippen LogP contribution in [0.4, 0.5) is 4.39 Å². The highest BCUT2D eigenvalue weighted by Crippen LogP contribution is 2.40. The highest BCUT2D eigenvalue weighted by Gasteiger charge is 2.42. The number of aryl methyl sites for hydroxylation is 1. The molecule has 1 aromatic carbocycles. The van der Waals surface area contributed by atoms with Crippen LogP contribution in [0.1, 0.15) is 49.8 Å². The molecule has 102 valence electrons. The van der Waals surface area contributed by atoms with Crippen molar-refractivity contribution in [2.24, 2.45) is 0 Å². The van der Waals surface area contributed by atoms with E-state index >= 15 is 0 Å². The molecule has 2 aliphatic heterocycles. The third-order valence-corrected chi connectivity index (χ3v) is 4.73. The average Bonchev–Trinajstić information content (AvgIpc) is 2.64. The molecule has 3 unspecified atom stereocenters. The minimum Gasteiger partial charge on any atom is -0.300 e. The van der Waals surface area contributed by atoms with E-state index < -0.39 is 0 Å². The number of fused-ring (bicyclic) bond motifs is 2. The molecule has 1 aromatic rings. The van der Waals surface area contributed by atoms with E-state index in [-0.39, 0.29) is 11.9 Å². The van der Waals surface area contributed by atoms with E-state index in [1.807, 2.05) is 12.1 Å². The number of rotatable bonds is 2. The van der Waals surface area contributed by atoms with Gasteiger partial charge in [0.1, 0.15) is 11.6 Å². The van der Waals surface area contributed by atoms with E-state index in [0.717, 1.165) is 18.4 Å². The molecule has 0 radical (unpaired) electrons. The van der Waals surface area contributed by atoms with Crippen molar-refractivity contribution in [2.75, 3.05) is 0 Å². The van der Waals surface area contributed by atoms with Crippen LogP contribution in [-0.4, -0.2) is 22.8 Å². The van der Waals surface area contributed by atoms with Crippen LogP contribution >= 0.6 is 0 Å². The SMILES string of the molecule is Cc1ccc(C(C)N2C3CCC2CC(=O)C3)cc1F. The normalized spacial score (nSPS) is 28.7. The molecule has 0 N–H and O–H groups in total. The van der Waals surface area contributed by atoms with Gasteiger partial charge in [0, 0.05) is 31.0 Å². The molecule has 2 nitrogen and oxygen atoms in total. The average molecular weight is 261 g/mol. The number of nitrogens with zero attached hydrogens (tertiary/aromatic N) is 1. The van der Waals surface area contributed by atoms with Crippen molar-refractivity contribution >= 4 is 5.78 Å². The summed E-state index contributed by atoms with van der Waals surface area (Å²) in [6.07, 6.45) is 3.56. The minimum atomic E-state index is -0.134. The summed E-state index contributed by atoms with van der Waals surface area (Å²) in [5, 5.41) is 0. The lowest BCUT2D eigenvalue weighted by Gasteiger charge is -2.39. The Morgan fingerprint density at radius 2 is 1.89 bits per heavy atom. The Hall–Kier alpha value is -1.22. The maximum absolute atomic E-state index is 13.7. The predicted molar refractivity (Wildman–Crippen MR) is 72.4 cm³/mol. The standard InChI is InChI=1S/C16H20FNO/c1-10-3-4-12(7-16(10)17)11(2)18-13-5-6-14(18)9-15(19)8-13/h3-4,7,11,13-14H,5-6,8-9H2,1-2H3. The first-order valence-corrected chi connectivity index (χ1v) is 7.11. The van der Waals surface area contributed by atoms with Crippen molar-refractivity contribution in [3.8, 4) is 0 Å². The Labute approximate surface area is 113 Å². The van der Waals surface area contributed by atoms with Gasteiger partial charge in [0.25, 0.3) is 0 Å². The summed E-state index contributed by atoms with van der Waals surface area (Å²) >= 11 is 0. The Balaban J connectivity index is 1.86. The number of hydrogen-bond acceptors (Lipinski definition) is 2. The Morgan fingerprint density at radius 3 is 2.47 bits per heavy atom. The van der Waals surface area contributed by atoms with Crippen molar-refractivity contribution in [3.05, 3.63) is 35.1 Å². The second-order valence-corrected chi connectivity index (χ2v) is 5.96. The quantitative estimate of drug-likeness (QED) is 0.813. The molecule has 3 rings (SSSR count). The largest absolute Gasteiger partial charge is 0.300 e. The van der Waals surface area contributed by atoms with Crippen molar-refractivity contribution in [3.63, 3.8) is 0 Å². The highest BCUT2D eigenvalue weighted by atomic mass is 19.1. The van der Waals surface area contributed by atoms with Gasteiger partial charge >= 0.3 is 0 Å². The first-order chi connectivity index (χ1) is 9.06. The van der Waals surface area contributed by atoms with E-state index in [2.05, 4.69) is 11.8 Å². The third kappa shape index (κ3) is 2.20. The molecule has 2 bridgehead atoms. The molecule has 0 aromatic heterocycles. The fourth-order valence-corrected chi connectivity index (χ4v) is 3.68. The molecule has 0 spiro atoms. The first kappa shape index (κ1) is 12.8. The third-order valence-electron chi connectivity index (χ3n) is 4.73. The number of halogens is 1. The van der Waals surface area contributed by atoms with Crippen molar-refractivity contribution in [1.82, 2.24) is 4.90 Å². The fourth-order valence-electron chi connectivity index (χ4n) is 3.68. The zero-order valence-corrected chi connectivity index (χ0v) is 11.5. The maximum atomic E-state index is 13.7. The molecule has 0 saturated carbocycles. The Kier molecular flexibility index (Phi) is 3.17. The van der Waals surface area contributed by atoms with E-state index in [0.29, 0.717) is 36.3 Å². The van der Waals surface area contributed by atoms with Crippen LogP contribution in [0, 0.1) is 12.7 Å². The summed E-state index contributed by atoms with van der Waals surface area (Å²) < 4.78 is 13.7. The molecule has 19 heavy (non-hydrogen) atoms. The monoisotopic (exact) mass is 261 g/mol. The zero-order chi connectivity index (χ0) is 13.6. The van der Waals surface area contributed by atoms with Crippen LogP contribution in [0.2, 0.25) is 0 Å². The van der Waals surface area contributed by atoms with Gasteiger partial charge in [-0.3, -0.25) is 9.69 Å². The minimum absolute atomic E-state index is 0.134.